The number of halogens is 1. The highest BCUT2D eigenvalue weighted by molar-refractivity contribution is 14.1. The molecule has 0 atom stereocenters. The molecule has 21 heavy (non-hydrogen) atoms. The number of aliphatic carboxylic acids is 1. The summed E-state index contributed by atoms with van der Waals surface area (Å²) in [7, 11) is 0. The standard InChI is InChI=1S/C15H19IN2O3/c16-12-7-3-4-8-13(12)17-14(19)9-18(10-15(20)21)11-5-1-2-6-11/h3-4,7-8,11H,1-2,5-6,9-10H2,(H,17,19)(H,20,21). The van der Waals surface area contributed by atoms with E-state index in [-0.39, 0.29) is 25.0 Å². The molecule has 5 nitrogen and oxygen atoms in total. The molecule has 1 fully saturated rings. The van der Waals surface area contributed by atoms with Crippen molar-refractivity contribution in [1.82, 2.24) is 4.90 Å². The second kappa shape index (κ2) is 7.74. The van der Waals surface area contributed by atoms with Crippen LogP contribution in [0.1, 0.15) is 25.7 Å². The molecule has 1 aliphatic rings. The number of carbonyl (C=O) groups is 2. The summed E-state index contributed by atoms with van der Waals surface area (Å²) in [6.07, 6.45) is 4.17. The summed E-state index contributed by atoms with van der Waals surface area (Å²) in [6, 6.07) is 7.75. The molecule has 1 aromatic carbocycles. The Bertz CT molecular complexity index is 515. The van der Waals surface area contributed by atoms with Crippen molar-refractivity contribution in [1.29, 1.82) is 0 Å². The van der Waals surface area contributed by atoms with E-state index < -0.39 is 5.97 Å². The Morgan fingerprint density at radius 1 is 1.24 bits per heavy atom. The van der Waals surface area contributed by atoms with Crippen LogP contribution in [-0.4, -0.2) is 41.0 Å². The first-order valence-electron chi connectivity index (χ1n) is 7.06. The smallest absolute Gasteiger partial charge is 0.317 e. The van der Waals surface area contributed by atoms with Gasteiger partial charge in [0, 0.05) is 9.61 Å². The first-order valence-corrected chi connectivity index (χ1v) is 8.14. The van der Waals surface area contributed by atoms with Gasteiger partial charge in [0.25, 0.3) is 0 Å². The van der Waals surface area contributed by atoms with Gasteiger partial charge in [-0.1, -0.05) is 25.0 Å². The number of hydrogen-bond donors (Lipinski definition) is 2. The predicted octanol–water partition coefficient (Wildman–Crippen LogP) is 2.56. The highest BCUT2D eigenvalue weighted by Gasteiger charge is 2.26. The monoisotopic (exact) mass is 402 g/mol. The van der Waals surface area contributed by atoms with Gasteiger partial charge in [-0.05, 0) is 47.6 Å². The quantitative estimate of drug-likeness (QED) is 0.718. The average molecular weight is 402 g/mol. The lowest BCUT2D eigenvalue weighted by Crippen LogP contribution is -2.42. The third-order valence-electron chi connectivity index (χ3n) is 3.67. The maximum atomic E-state index is 12.2. The molecular formula is C15H19IN2O3. The third kappa shape index (κ3) is 4.96. The normalized spacial score (nSPS) is 15.3. The number of carboxylic acids is 1. The minimum atomic E-state index is -0.885. The number of benzene rings is 1. The van der Waals surface area contributed by atoms with Crippen molar-refractivity contribution >= 4 is 40.2 Å². The van der Waals surface area contributed by atoms with Crippen molar-refractivity contribution in [2.45, 2.75) is 31.7 Å². The van der Waals surface area contributed by atoms with E-state index in [1.54, 1.807) is 4.90 Å². The molecule has 0 radical (unpaired) electrons. The molecule has 1 saturated carbocycles. The topological polar surface area (TPSA) is 69.6 Å². The van der Waals surface area contributed by atoms with Gasteiger partial charge in [0.15, 0.2) is 0 Å². The number of nitrogens with zero attached hydrogens (tertiary/aromatic N) is 1. The first-order chi connectivity index (χ1) is 10.1. The van der Waals surface area contributed by atoms with E-state index in [1.165, 1.54) is 0 Å². The van der Waals surface area contributed by atoms with Crippen LogP contribution in [0.2, 0.25) is 0 Å². The Labute approximate surface area is 137 Å². The summed E-state index contributed by atoms with van der Waals surface area (Å²) in [5, 5.41) is 11.9. The van der Waals surface area contributed by atoms with E-state index in [4.69, 9.17) is 5.11 Å². The number of nitrogens with one attached hydrogen (secondary N) is 1. The summed E-state index contributed by atoms with van der Waals surface area (Å²) in [5.74, 6) is -1.05. The van der Waals surface area contributed by atoms with E-state index in [1.807, 2.05) is 24.3 Å². The highest BCUT2D eigenvalue weighted by atomic mass is 127. The molecule has 6 heteroatoms. The van der Waals surface area contributed by atoms with Crippen LogP contribution in [0.25, 0.3) is 0 Å². The van der Waals surface area contributed by atoms with Crippen molar-refractivity contribution in [3.63, 3.8) is 0 Å². The Hall–Kier alpha value is -1.15. The lowest BCUT2D eigenvalue weighted by Gasteiger charge is -2.26. The number of carbonyl (C=O) groups excluding carboxylic acids is 1. The Kier molecular flexibility index (Phi) is 5.98. The van der Waals surface area contributed by atoms with Gasteiger partial charge in [0.05, 0.1) is 18.8 Å². The van der Waals surface area contributed by atoms with Gasteiger partial charge >= 0.3 is 5.97 Å². The summed E-state index contributed by atoms with van der Waals surface area (Å²) < 4.78 is 0.967. The lowest BCUT2D eigenvalue weighted by molar-refractivity contribution is -0.139. The van der Waals surface area contributed by atoms with E-state index in [0.29, 0.717) is 0 Å². The van der Waals surface area contributed by atoms with E-state index >= 15 is 0 Å². The molecule has 1 aromatic rings. The largest absolute Gasteiger partial charge is 0.480 e. The highest BCUT2D eigenvalue weighted by Crippen LogP contribution is 2.23. The van der Waals surface area contributed by atoms with Crippen LogP contribution in [0.4, 0.5) is 5.69 Å². The first kappa shape index (κ1) is 16.2. The van der Waals surface area contributed by atoms with Crippen molar-refractivity contribution in [3.8, 4) is 0 Å². The zero-order chi connectivity index (χ0) is 15.2. The summed E-state index contributed by atoms with van der Waals surface area (Å²) >= 11 is 2.16. The molecule has 0 bridgehead atoms. The fraction of sp³-hybridized carbons (Fsp3) is 0.467. The minimum Gasteiger partial charge on any atom is -0.480 e. The summed E-state index contributed by atoms with van der Waals surface area (Å²) in [5.41, 5.74) is 0.768. The molecule has 0 spiro atoms. The minimum absolute atomic E-state index is 0.0794. The van der Waals surface area contributed by atoms with Crippen molar-refractivity contribution in [2.75, 3.05) is 18.4 Å². The van der Waals surface area contributed by atoms with Gasteiger partial charge < -0.3 is 10.4 Å². The Morgan fingerprint density at radius 2 is 1.90 bits per heavy atom. The third-order valence-corrected chi connectivity index (χ3v) is 4.61. The van der Waals surface area contributed by atoms with E-state index in [0.717, 1.165) is 34.9 Å². The molecule has 0 unspecified atom stereocenters. The summed E-state index contributed by atoms with van der Waals surface area (Å²) in [4.78, 5) is 24.9. The molecule has 0 saturated heterocycles. The van der Waals surface area contributed by atoms with Gasteiger partial charge in [0.2, 0.25) is 5.91 Å². The van der Waals surface area contributed by atoms with Crippen LogP contribution in [0.3, 0.4) is 0 Å². The van der Waals surface area contributed by atoms with E-state index in [2.05, 4.69) is 27.9 Å². The van der Waals surface area contributed by atoms with Crippen molar-refractivity contribution in [2.24, 2.45) is 0 Å². The Morgan fingerprint density at radius 3 is 2.52 bits per heavy atom. The van der Waals surface area contributed by atoms with Crippen LogP contribution in [0.5, 0.6) is 0 Å². The number of amides is 1. The number of carboxylic acid groups (broad SMARTS) is 1. The molecule has 1 aliphatic carbocycles. The van der Waals surface area contributed by atoms with Crippen LogP contribution in [-0.2, 0) is 9.59 Å². The number of hydrogen-bond acceptors (Lipinski definition) is 3. The molecular weight excluding hydrogens is 383 g/mol. The SMILES string of the molecule is O=C(O)CN(CC(=O)Nc1ccccc1I)C1CCCC1. The molecule has 0 heterocycles. The lowest BCUT2D eigenvalue weighted by atomic mass is 10.2. The number of rotatable bonds is 6. The van der Waals surface area contributed by atoms with Gasteiger partial charge in [-0.3, -0.25) is 14.5 Å². The van der Waals surface area contributed by atoms with Gasteiger partial charge in [-0.25, -0.2) is 0 Å². The van der Waals surface area contributed by atoms with Gasteiger partial charge in [0.1, 0.15) is 0 Å². The zero-order valence-corrected chi connectivity index (χ0v) is 13.9. The molecule has 0 aromatic heterocycles. The zero-order valence-electron chi connectivity index (χ0n) is 11.7. The fourth-order valence-electron chi connectivity index (χ4n) is 2.69. The molecule has 2 rings (SSSR count). The van der Waals surface area contributed by atoms with Crippen molar-refractivity contribution in [3.05, 3.63) is 27.8 Å². The number of anilines is 1. The van der Waals surface area contributed by atoms with Crippen LogP contribution < -0.4 is 5.32 Å². The van der Waals surface area contributed by atoms with Crippen molar-refractivity contribution < 1.29 is 14.7 Å². The number of para-hydroxylation sites is 1. The van der Waals surface area contributed by atoms with Gasteiger partial charge in [-0.15, -0.1) is 0 Å². The Balaban J connectivity index is 1.97. The van der Waals surface area contributed by atoms with Crippen LogP contribution in [0.15, 0.2) is 24.3 Å². The molecule has 0 aliphatic heterocycles. The molecule has 1 amide bonds. The second-order valence-electron chi connectivity index (χ2n) is 5.27. The molecule has 2 N–H and O–H groups in total. The van der Waals surface area contributed by atoms with E-state index in [9.17, 15) is 9.59 Å². The predicted molar refractivity (Wildman–Crippen MR) is 89.3 cm³/mol. The second-order valence-corrected chi connectivity index (χ2v) is 6.43. The van der Waals surface area contributed by atoms with Crippen LogP contribution in [0, 0.1) is 3.57 Å². The summed E-state index contributed by atoms with van der Waals surface area (Å²) in [6.45, 7) is 0.0475. The molecule has 114 valence electrons. The fourth-order valence-corrected chi connectivity index (χ4v) is 3.22. The maximum Gasteiger partial charge on any atom is 0.317 e. The van der Waals surface area contributed by atoms with Gasteiger partial charge in [-0.2, -0.15) is 0 Å². The maximum absolute atomic E-state index is 12.2. The average Bonchev–Trinajstić information content (AvgIpc) is 2.94. The van der Waals surface area contributed by atoms with Crippen LogP contribution >= 0.6 is 22.6 Å².